The lowest BCUT2D eigenvalue weighted by Crippen LogP contribution is -2.50. The molecule has 4 heterocycles. The molecule has 1 amide bonds. The molecule has 3 saturated heterocycles. The van der Waals surface area contributed by atoms with Crippen LogP contribution in [-0.2, 0) is 10.2 Å². The molecule has 3 fully saturated rings. The number of hydrogen-bond acceptors (Lipinski definition) is 4. The van der Waals surface area contributed by atoms with Gasteiger partial charge in [-0.25, -0.2) is 13.8 Å². The van der Waals surface area contributed by atoms with Crippen molar-refractivity contribution in [2.24, 2.45) is 0 Å². The summed E-state index contributed by atoms with van der Waals surface area (Å²) < 4.78 is 31.1. The van der Waals surface area contributed by atoms with Gasteiger partial charge in [-0.05, 0) is 118 Å². The zero-order valence-electron chi connectivity index (χ0n) is 28.4. The molecule has 1 unspecified atom stereocenters. The molecule has 4 aromatic rings. The van der Waals surface area contributed by atoms with Gasteiger partial charge in [0.25, 0.3) is 0 Å². The summed E-state index contributed by atoms with van der Waals surface area (Å²) in [4.78, 5) is 23.5. The molecule has 254 valence electrons. The lowest BCUT2D eigenvalue weighted by Gasteiger charge is -2.47. The van der Waals surface area contributed by atoms with Crippen LogP contribution in [0.2, 0.25) is 0 Å². The first-order valence-electron chi connectivity index (χ1n) is 18.1. The number of unbranched alkanes of at least 4 members (excludes halogenated alkanes) is 1. The number of fused-ring (bicyclic) bond motifs is 3. The Morgan fingerprint density at radius 1 is 0.938 bits per heavy atom. The molecule has 6 nitrogen and oxygen atoms in total. The van der Waals surface area contributed by atoms with Gasteiger partial charge in [0.2, 0.25) is 5.91 Å². The molecule has 0 radical (unpaired) electrons. The summed E-state index contributed by atoms with van der Waals surface area (Å²) in [7, 11) is 0. The molecule has 0 spiro atoms. The number of likely N-dealkylation sites (tertiary alicyclic amines) is 1. The highest BCUT2D eigenvalue weighted by molar-refractivity contribution is 5.83. The fraction of sp³-hybridized carbons (Fsp3) is 0.500. The van der Waals surface area contributed by atoms with Gasteiger partial charge in [-0.1, -0.05) is 49.7 Å². The van der Waals surface area contributed by atoms with Gasteiger partial charge >= 0.3 is 0 Å². The maximum atomic E-state index is 14.7. The van der Waals surface area contributed by atoms with E-state index in [0.717, 1.165) is 74.0 Å². The zero-order valence-corrected chi connectivity index (χ0v) is 28.4. The molecule has 4 atom stereocenters. The van der Waals surface area contributed by atoms with Crippen molar-refractivity contribution >= 4 is 16.9 Å². The highest BCUT2D eigenvalue weighted by atomic mass is 19.1. The molecule has 3 aliphatic heterocycles. The molecule has 1 aromatic heterocycles. The van der Waals surface area contributed by atoms with E-state index in [2.05, 4.69) is 63.9 Å². The lowest BCUT2D eigenvalue weighted by molar-refractivity contribution is -0.127. The molecular formula is C40H49F2N5O. The first-order valence-corrected chi connectivity index (χ1v) is 18.1. The summed E-state index contributed by atoms with van der Waals surface area (Å²) in [5.74, 6) is 0.564. The van der Waals surface area contributed by atoms with Crippen molar-refractivity contribution in [2.45, 2.75) is 101 Å². The fourth-order valence-corrected chi connectivity index (χ4v) is 9.16. The van der Waals surface area contributed by atoms with Gasteiger partial charge < -0.3 is 9.88 Å². The Labute approximate surface area is 283 Å². The molecule has 7 rings (SSSR count). The number of imidazole rings is 1. The van der Waals surface area contributed by atoms with Crippen molar-refractivity contribution in [3.05, 3.63) is 101 Å². The van der Waals surface area contributed by atoms with Crippen molar-refractivity contribution in [3.63, 3.8) is 0 Å². The Morgan fingerprint density at radius 2 is 1.67 bits per heavy atom. The minimum Gasteiger partial charge on any atom is -0.354 e. The van der Waals surface area contributed by atoms with Crippen LogP contribution in [0.5, 0.6) is 0 Å². The van der Waals surface area contributed by atoms with Crippen LogP contribution in [0.1, 0.15) is 93.7 Å². The number of amides is 1. The van der Waals surface area contributed by atoms with Crippen molar-refractivity contribution in [2.75, 3.05) is 26.2 Å². The molecule has 0 saturated carbocycles. The number of hydrogen-bond donors (Lipinski definition) is 1. The topological polar surface area (TPSA) is 53.4 Å². The third kappa shape index (κ3) is 6.53. The van der Waals surface area contributed by atoms with Crippen molar-refractivity contribution in [3.8, 4) is 0 Å². The summed E-state index contributed by atoms with van der Waals surface area (Å²) in [6, 6.07) is 23.1. The van der Waals surface area contributed by atoms with Gasteiger partial charge in [0.05, 0.1) is 11.0 Å². The summed E-state index contributed by atoms with van der Waals surface area (Å²) in [6.07, 6.45) is 9.25. The van der Waals surface area contributed by atoms with Gasteiger partial charge in [0.15, 0.2) is 0 Å². The van der Waals surface area contributed by atoms with E-state index in [1.807, 2.05) is 6.07 Å². The number of benzene rings is 3. The number of aryl methyl sites for hydroxylation is 1. The summed E-state index contributed by atoms with van der Waals surface area (Å²) in [5.41, 5.74) is 4.01. The molecule has 8 heteroatoms. The number of piperidine rings is 2. The van der Waals surface area contributed by atoms with E-state index >= 15 is 0 Å². The number of aromatic nitrogens is 2. The predicted octanol–water partition coefficient (Wildman–Crippen LogP) is 7.87. The maximum absolute atomic E-state index is 14.7. The largest absolute Gasteiger partial charge is 0.354 e. The predicted molar refractivity (Wildman–Crippen MR) is 187 cm³/mol. The second-order valence-corrected chi connectivity index (χ2v) is 14.4. The van der Waals surface area contributed by atoms with E-state index in [-0.39, 0.29) is 23.0 Å². The van der Waals surface area contributed by atoms with Crippen LogP contribution < -0.4 is 5.32 Å². The number of carbonyl (C=O) groups is 1. The van der Waals surface area contributed by atoms with Crippen molar-refractivity contribution in [1.82, 2.24) is 24.7 Å². The maximum Gasteiger partial charge on any atom is 0.241 e. The van der Waals surface area contributed by atoms with Crippen LogP contribution in [0, 0.1) is 18.6 Å². The third-order valence-electron chi connectivity index (χ3n) is 11.7. The van der Waals surface area contributed by atoms with E-state index in [1.54, 1.807) is 18.2 Å². The highest BCUT2D eigenvalue weighted by Gasteiger charge is 2.45. The van der Waals surface area contributed by atoms with Gasteiger partial charge in [0, 0.05) is 37.8 Å². The van der Waals surface area contributed by atoms with Gasteiger partial charge in [-0.3, -0.25) is 14.6 Å². The van der Waals surface area contributed by atoms with Gasteiger partial charge in [-0.15, -0.1) is 0 Å². The molecule has 0 aliphatic carbocycles. The van der Waals surface area contributed by atoms with Crippen LogP contribution in [0.3, 0.4) is 0 Å². The quantitative estimate of drug-likeness (QED) is 0.168. The zero-order chi connectivity index (χ0) is 33.3. The summed E-state index contributed by atoms with van der Waals surface area (Å²) >= 11 is 0. The van der Waals surface area contributed by atoms with Crippen LogP contribution >= 0.6 is 0 Å². The monoisotopic (exact) mass is 653 g/mol. The molecule has 3 aromatic carbocycles. The number of halogens is 2. The van der Waals surface area contributed by atoms with E-state index in [9.17, 15) is 13.6 Å². The molecule has 2 bridgehead atoms. The average molecular weight is 654 g/mol. The molecule has 48 heavy (non-hydrogen) atoms. The SMILES string of the molecule is CCCCNC(=O)C(c1ccc(F)cc1)N1CCC(CCN2[C@@H]3CC[C@H]2C[C@@H](n2c(C)nc4ccccc42)C3)(c2cccc(F)c2)CC1. The van der Waals surface area contributed by atoms with Crippen LogP contribution in [0.25, 0.3) is 11.0 Å². The Morgan fingerprint density at radius 3 is 2.38 bits per heavy atom. The number of para-hydroxylation sites is 2. The van der Waals surface area contributed by atoms with Crippen molar-refractivity contribution in [1.29, 1.82) is 0 Å². The van der Waals surface area contributed by atoms with Crippen LogP contribution in [-0.4, -0.2) is 63.5 Å². The highest BCUT2D eigenvalue weighted by Crippen LogP contribution is 2.46. The third-order valence-corrected chi connectivity index (χ3v) is 11.7. The normalized spacial score (nSPS) is 23.4. The number of rotatable bonds is 11. The van der Waals surface area contributed by atoms with E-state index < -0.39 is 6.04 Å². The van der Waals surface area contributed by atoms with E-state index in [0.29, 0.717) is 37.8 Å². The first-order chi connectivity index (χ1) is 23.3. The van der Waals surface area contributed by atoms with Crippen molar-refractivity contribution < 1.29 is 13.6 Å². The number of carbonyl (C=O) groups excluding carboxylic acids is 1. The second kappa shape index (κ2) is 14.1. The van der Waals surface area contributed by atoms with E-state index in [4.69, 9.17) is 4.98 Å². The molecular weight excluding hydrogens is 604 g/mol. The fourth-order valence-electron chi connectivity index (χ4n) is 9.16. The van der Waals surface area contributed by atoms with Crippen LogP contribution in [0.4, 0.5) is 8.78 Å². The Bertz CT molecular complexity index is 1700. The average Bonchev–Trinajstić information content (AvgIpc) is 3.55. The Kier molecular flexibility index (Phi) is 9.65. The first kappa shape index (κ1) is 32.9. The van der Waals surface area contributed by atoms with Gasteiger partial charge in [-0.2, -0.15) is 0 Å². The summed E-state index contributed by atoms with van der Waals surface area (Å²) in [5, 5.41) is 3.13. The lowest BCUT2D eigenvalue weighted by atomic mass is 9.70. The molecule has 3 aliphatic rings. The summed E-state index contributed by atoms with van der Waals surface area (Å²) in [6.45, 7) is 7.28. The van der Waals surface area contributed by atoms with Crippen LogP contribution in [0.15, 0.2) is 72.8 Å². The Balaban J connectivity index is 1.08. The number of nitrogens with one attached hydrogen (secondary N) is 1. The molecule has 1 N–H and O–H groups in total. The Hall–Kier alpha value is -3.62. The van der Waals surface area contributed by atoms with E-state index in [1.165, 1.54) is 36.6 Å². The number of nitrogens with zero attached hydrogens (tertiary/aromatic N) is 4. The minimum atomic E-state index is -0.481. The minimum absolute atomic E-state index is 0.0336. The standard InChI is InChI=1S/C40H49F2N5O/c1-3-4-21-43-39(48)38(29-12-14-31(41)15-13-29)45-22-18-40(19-23-45,30-8-7-9-32(42)25-30)20-24-46-33-16-17-34(46)27-35(26-33)47-28(2)44-36-10-5-6-11-37(36)47/h5-15,25,33-35,38H,3-4,16-24,26-27H2,1-2H3,(H,43,48)/t33-,34+,35+,38?. The van der Waals surface area contributed by atoms with Gasteiger partial charge in [0.1, 0.15) is 23.5 Å². The second-order valence-electron chi connectivity index (χ2n) is 14.4. The smallest absolute Gasteiger partial charge is 0.241 e.